The average Bonchev–Trinajstić information content (AvgIpc) is 4.00. The Morgan fingerprint density at radius 1 is 1.03 bits per heavy atom. The highest BCUT2D eigenvalue weighted by molar-refractivity contribution is 7.09. The number of hydrogen-bond acceptors (Lipinski definition) is 8. The maximum Gasteiger partial charge on any atom is 0.416 e. The van der Waals surface area contributed by atoms with Crippen LogP contribution in [0.5, 0.6) is 0 Å². The quantitative estimate of drug-likeness (QED) is 0.0754. The predicted molar refractivity (Wildman–Crippen MR) is 238 cm³/mol. The van der Waals surface area contributed by atoms with Crippen molar-refractivity contribution in [3.63, 3.8) is 0 Å². The van der Waals surface area contributed by atoms with Crippen molar-refractivity contribution in [2.45, 2.75) is 102 Å². The second kappa shape index (κ2) is 19.8. The third kappa shape index (κ3) is 10.8. The van der Waals surface area contributed by atoms with Gasteiger partial charge in [-0.25, -0.2) is 0 Å². The third-order valence-corrected chi connectivity index (χ3v) is 14.2. The summed E-state index contributed by atoms with van der Waals surface area (Å²) < 4.78 is 53.0. The van der Waals surface area contributed by atoms with E-state index in [1.807, 2.05) is 53.9 Å². The summed E-state index contributed by atoms with van der Waals surface area (Å²) in [5.74, 6) is -0.780. The van der Waals surface area contributed by atoms with Gasteiger partial charge in [0.05, 0.1) is 41.6 Å². The summed E-state index contributed by atoms with van der Waals surface area (Å²) in [7, 11) is 0. The number of alkyl halides is 3. The van der Waals surface area contributed by atoms with Crippen molar-refractivity contribution < 1.29 is 42.4 Å². The molecule has 5 atom stereocenters. The number of fused-ring (bicyclic) bond motifs is 8. The zero-order valence-corrected chi connectivity index (χ0v) is 36.7. The third-order valence-electron chi connectivity index (χ3n) is 12.9. The minimum absolute atomic E-state index is 0.0142. The van der Waals surface area contributed by atoms with Gasteiger partial charge in [-0.05, 0) is 129 Å². The first-order chi connectivity index (χ1) is 29.6. The molecule has 2 aromatic heterocycles. The molecule has 1 saturated carbocycles. The van der Waals surface area contributed by atoms with Crippen molar-refractivity contribution in [3.05, 3.63) is 152 Å². The summed E-state index contributed by atoms with van der Waals surface area (Å²) >= 11 is 8.04. The van der Waals surface area contributed by atoms with E-state index >= 15 is 0 Å². The van der Waals surface area contributed by atoms with E-state index in [-0.39, 0.29) is 41.2 Å². The predicted octanol–water partition coefficient (Wildman–Crippen LogP) is 11.1. The smallest absolute Gasteiger partial charge is 0.416 e. The van der Waals surface area contributed by atoms with Crippen molar-refractivity contribution in [2.24, 2.45) is 5.41 Å². The van der Waals surface area contributed by atoms with Crippen molar-refractivity contribution in [2.75, 3.05) is 26.2 Å². The molecule has 3 aromatic carbocycles. The van der Waals surface area contributed by atoms with Gasteiger partial charge in [0, 0.05) is 41.1 Å². The lowest BCUT2D eigenvalue weighted by Gasteiger charge is -2.46. The van der Waals surface area contributed by atoms with Crippen molar-refractivity contribution in [1.29, 1.82) is 0 Å². The van der Waals surface area contributed by atoms with Gasteiger partial charge in [0.15, 0.2) is 5.76 Å². The fourth-order valence-corrected chi connectivity index (χ4v) is 10.3. The van der Waals surface area contributed by atoms with E-state index in [2.05, 4.69) is 30.9 Å². The summed E-state index contributed by atoms with van der Waals surface area (Å²) in [6, 6.07) is 25.5. The molecule has 3 aliphatic carbocycles. The van der Waals surface area contributed by atoms with E-state index in [1.54, 1.807) is 17.4 Å². The Morgan fingerprint density at radius 2 is 1.84 bits per heavy atom. The number of rotatable bonds is 14. The fourth-order valence-electron chi connectivity index (χ4n) is 9.39. The molecule has 3 aliphatic rings. The standard InChI is InChI=1S/C50H55ClF3NO6S/c1-33-8-6-22-48(2)43(20-23-49(48,59)32-55(24-21-39-11-7-25-62-39)29-38(57)31-60-30-34-9-4-3-5-10-34)40-16-13-35(26-37(56)15-12-33)27-41(40)47(58)46-19-18-45(61-46)42-28-36(50(52,53)54)14-17-44(42)51/h3-5,7-11,13-14,16-19,25,27-28,37-38,43,56-57,59H,6,12,15,20-24,26,29-32H2,1-2H3. The maximum absolute atomic E-state index is 14.7. The minimum Gasteiger partial charge on any atom is -0.453 e. The van der Waals surface area contributed by atoms with Gasteiger partial charge in [0.1, 0.15) is 5.76 Å². The largest absolute Gasteiger partial charge is 0.453 e. The lowest BCUT2D eigenvalue weighted by molar-refractivity contribution is -0.137. The molecular formula is C50H55ClF3NO6S. The van der Waals surface area contributed by atoms with Crippen LogP contribution in [0.2, 0.25) is 5.02 Å². The Bertz CT molecular complexity index is 2310. The summed E-state index contributed by atoms with van der Waals surface area (Å²) in [5, 5.41) is 37.7. The second-order valence-electron chi connectivity index (χ2n) is 17.4. The van der Waals surface area contributed by atoms with Gasteiger partial charge in [-0.15, -0.1) is 11.3 Å². The van der Waals surface area contributed by atoms with Crippen LogP contribution >= 0.6 is 22.9 Å². The molecule has 12 heteroatoms. The van der Waals surface area contributed by atoms with E-state index < -0.39 is 40.7 Å². The highest BCUT2D eigenvalue weighted by Crippen LogP contribution is 2.59. The molecule has 8 rings (SSSR count). The maximum atomic E-state index is 14.7. The molecule has 0 spiro atoms. The van der Waals surface area contributed by atoms with Gasteiger partial charge in [-0.2, -0.15) is 13.2 Å². The van der Waals surface area contributed by atoms with Crippen LogP contribution in [0.3, 0.4) is 0 Å². The number of carbonyl (C=O) groups is 1. The number of allylic oxidation sites excluding steroid dienone is 2. The molecule has 2 bridgehead atoms. The number of benzene rings is 3. The highest BCUT2D eigenvalue weighted by Gasteiger charge is 2.57. The van der Waals surface area contributed by atoms with Gasteiger partial charge in [0.25, 0.3) is 0 Å². The molecule has 62 heavy (non-hydrogen) atoms. The molecule has 1 fully saturated rings. The topological polar surface area (TPSA) is 103 Å². The molecule has 3 N–H and O–H groups in total. The van der Waals surface area contributed by atoms with Crippen molar-refractivity contribution >= 4 is 28.7 Å². The zero-order valence-electron chi connectivity index (χ0n) is 35.2. The summed E-state index contributed by atoms with van der Waals surface area (Å²) in [5.41, 5.74) is 1.17. The number of carbonyl (C=O) groups excluding carboxylic acids is 1. The van der Waals surface area contributed by atoms with E-state index in [0.717, 1.165) is 41.3 Å². The number of aliphatic hydroxyl groups is 3. The number of nitrogens with zero attached hydrogens (tertiary/aromatic N) is 1. The average molecular weight is 891 g/mol. The van der Waals surface area contributed by atoms with Crippen LogP contribution in [0.15, 0.2) is 112 Å². The summed E-state index contributed by atoms with van der Waals surface area (Å²) in [6.45, 7) is 5.88. The van der Waals surface area contributed by atoms with E-state index in [4.69, 9.17) is 20.8 Å². The molecule has 0 amide bonds. The molecule has 0 saturated heterocycles. The van der Waals surface area contributed by atoms with Crippen LogP contribution < -0.4 is 0 Å². The summed E-state index contributed by atoms with van der Waals surface area (Å²) in [4.78, 5) is 18.1. The van der Waals surface area contributed by atoms with Crippen molar-refractivity contribution in [1.82, 2.24) is 4.90 Å². The number of furan rings is 1. The van der Waals surface area contributed by atoms with Gasteiger partial charge < -0.3 is 24.5 Å². The minimum atomic E-state index is -4.60. The SMILES string of the molecule is CC1=CCCC2(C)C(CCC2(O)CN(CCc2cccs2)CC(O)COCc2ccccc2)c2ccc(cc2C(=O)c2ccc(-c3cc(C(F)(F)F)ccc3Cl)o2)CC(O)CC1. The highest BCUT2D eigenvalue weighted by atomic mass is 35.5. The van der Waals surface area contributed by atoms with Gasteiger partial charge in [-0.3, -0.25) is 9.69 Å². The van der Waals surface area contributed by atoms with Gasteiger partial charge in [-0.1, -0.05) is 78.7 Å². The number of aliphatic hydroxyl groups excluding tert-OH is 2. The van der Waals surface area contributed by atoms with E-state index in [9.17, 15) is 33.3 Å². The number of halogens is 4. The Morgan fingerprint density at radius 3 is 2.60 bits per heavy atom. The lowest BCUT2D eigenvalue weighted by atomic mass is 9.64. The summed E-state index contributed by atoms with van der Waals surface area (Å²) in [6.07, 6.45) is 0.726. The molecular weight excluding hydrogens is 835 g/mol. The Hall–Kier alpha value is -4.07. The van der Waals surface area contributed by atoms with E-state index in [0.29, 0.717) is 70.2 Å². The zero-order chi connectivity index (χ0) is 44.1. The molecule has 2 heterocycles. The Balaban J connectivity index is 1.21. The molecule has 5 aromatic rings. The molecule has 7 nitrogen and oxygen atoms in total. The number of hydrogen-bond donors (Lipinski definition) is 3. The van der Waals surface area contributed by atoms with Crippen molar-refractivity contribution in [3.8, 4) is 11.3 Å². The molecule has 0 radical (unpaired) electrons. The first-order valence-electron chi connectivity index (χ1n) is 21.4. The van der Waals surface area contributed by atoms with Crippen LogP contribution in [-0.4, -0.2) is 70.1 Å². The number of thiophene rings is 1. The Kier molecular flexibility index (Phi) is 14.6. The Labute approximate surface area is 370 Å². The first-order valence-corrected chi connectivity index (χ1v) is 22.6. The van der Waals surface area contributed by atoms with Crippen LogP contribution in [0.1, 0.15) is 102 Å². The second-order valence-corrected chi connectivity index (χ2v) is 18.8. The lowest BCUT2D eigenvalue weighted by Crippen LogP contribution is -2.54. The molecule has 330 valence electrons. The van der Waals surface area contributed by atoms with E-state index in [1.165, 1.54) is 22.6 Å². The fraction of sp³-hybridized carbons (Fsp3) is 0.420. The number of ketones is 1. The molecule has 5 unspecified atom stereocenters. The van der Waals surface area contributed by atoms with Crippen LogP contribution in [0.25, 0.3) is 11.3 Å². The normalized spacial score (nSPS) is 22.6. The van der Waals surface area contributed by atoms with Gasteiger partial charge >= 0.3 is 6.18 Å². The number of ether oxygens (including phenoxy) is 1. The molecule has 0 aliphatic heterocycles. The van der Waals surface area contributed by atoms with Crippen LogP contribution in [0.4, 0.5) is 13.2 Å². The van der Waals surface area contributed by atoms with Gasteiger partial charge in [0.2, 0.25) is 5.78 Å². The monoisotopic (exact) mass is 889 g/mol. The van der Waals surface area contributed by atoms with Crippen LogP contribution in [-0.2, 0) is 30.4 Å². The van der Waals surface area contributed by atoms with Crippen LogP contribution in [0, 0.1) is 5.41 Å². The first kappa shape index (κ1) is 45.9.